The molecule has 0 spiro atoms. The summed E-state index contributed by atoms with van der Waals surface area (Å²) in [5, 5.41) is 8.86. The average Bonchev–Trinajstić information content (AvgIpc) is 3.30. The molecule has 0 bridgehead atoms. The quantitative estimate of drug-likeness (QED) is 0.604. The molecule has 9 heteroatoms. The van der Waals surface area contributed by atoms with E-state index >= 15 is 0 Å². The summed E-state index contributed by atoms with van der Waals surface area (Å²) in [6, 6.07) is 7.95. The van der Waals surface area contributed by atoms with Crippen molar-refractivity contribution in [3.63, 3.8) is 0 Å². The second kappa shape index (κ2) is 8.89. The van der Waals surface area contributed by atoms with Gasteiger partial charge >= 0.3 is 0 Å². The molecule has 164 valence electrons. The van der Waals surface area contributed by atoms with Crippen LogP contribution < -0.4 is 4.74 Å². The number of morpholine rings is 1. The predicted molar refractivity (Wildman–Crippen MR) is 111 cm³/mol. The third-order valence-electron chi connectivity index (χ3n) is 5.36. The standard InChI is InChI=1S/C22H26FN5O3/c1-15-19(13-26(2)24-15)22(29)28-9-11-31-21(14-28)20-12-17(27(3)25-20)8-10-30-18-6-4-16(23)5-7-18/h4-7,12-13,21H,8-11,14H2,1-3H3. The van der Waals surface area contributed by atoms with Crippen LogP contribution in [-0.2, 0) is 25.3 Å². The number of aromatic nitrogens is 4. The first-order valence-corrected chi connectivity index (χ1v) is 10.2. The highest BCUT2D eigenvalue weighted by molar-refractivity contribution is 5.95. The number of aryl methyl sites for hydroxylation is 3. The number of hydrogen-bond acceptors (Lipinski definition) is 5. The molecule has 1 saturated heterocycles. The maximum atomic E-state index is 13.0. The maximum Gasteiger partial charge on any atom is 0.257 e. The van der Waals surface area contributed by atoms with Crippen molar-refractivity contribution in [3.05, 3.63) is 65.0 Å². The number of carbonyl (C=O) groups is 1. The van der Waals surface area contributed by atoms with E-state index in [4.69, 9.17) is 9.47 Å². The van der Waals surface area contributed by atoms with Crippen molar-refractivity contribution >= 4 is 5.91 Å². The first kappa shape index (κ1) is 21.0. The smallest absolute Gasteiger partial charge is 0.257 e. The van der Waals surface area contributed by atoms with Gasteiger partial charge in [0.05, 0.1) is 36.7 Å². The molecule has 0 radical (unpaired) electrons. The van der Waals surface area contributed by atoms with E-state index in [1.54, 1.807) is 39.6 Å². The van der Waals surface area contributed by atoms with Gasteiger partial charge in [0.2, 0.25) is 0 Å². The van der Waals surface area contributed by atoms with Crippen LogP contribution in [0.25, 0.3) is 0 Å². The highest BCUT2D eigenvalue weighted by Gasteiger charge is 2.29. The number of hydrogen-bond donors (Lipinski definition) is 0. The molecule has 2 aromatic heterocycles. The number of benzene rings is 1. The van der Waals surface area contributed by atoms with Crippen molar-refractivity contribution in [3.8, 4) is 5.75 Å². The van der Waals surface area contributed by atoms with E-state index in [0.29, 0.717) is 44.0 Å². The van der Waals surface area contributed by atoms with Crippen molar-refractivity contribution in [2.24, 2.45) is 14.1 Å². The molecule has 3 heterocycles. The van der Waals surface area contributed by atoms with E-state index in [2.05, 4.69) is 10.2 Å². The lowest BCUT2D eigenvalue weighted by molar-refractivity contribution is -0.0249. The minimum absolute atomic E-state index is 0.0391. The number of rotatable bonds is 6. The number of carbonyl (C=O) groups excluding carboxylic acids is 1. The summed E-state index contributed by atoms with van der Waals surface area (Å²) in [6.07, 6.45) is 2.11. The van der Waals surface area contributed by atoms with Crippen molar-refractivity contribution in [2.45, 2.75) is 19.4 Å². The minimum atomic E-state index is -0.290. The molecule has 3 aromatic rings. The Balaban J connectivity index is 1.38. The third-order valence-corrected chi connectivity index (χ3v) is 5.36. The molecule has 0 saturated carbocycles. The molecule has 4 rings (SSSR count). The van der Waals surface area contributed by atoms with E-state index in [0.717, 1.165) is 17.1 Å². The van der Waals surface area contributed by atoms with Gasteiger partial charge in [0.25, 0.3) is 5.91 Å². The molecule has 1 fully saturated rings. The van der Waals surface area contributed by atoms with Crippen LogP contribution in [0, 0.1) is 12.7 Å². The summed E-state index contributed by atoms with van der Waals surface area (Å²) in [4.78, 5) is 14.7. The molecule has 1 aliphatic heterocycles. The Kier molecular flexibility index (Phi) is 6.03. The van der Waals surface area contributed by atoms with Crippen LogP contribution in [0.15, 0.2) is 36.5 Å². The van der Waals surface area contributed by atoms with Gasteiger partial charge in [-0.05, 0) is 37.3 Å². The Hall–Kier alpha value is -3.20. The lowest BCUT2D eigenvalue weighted by Gasteiger charge is -2.32. The van der Waals surface area contributed by atoms with Crippen LogP contribution in [-0.4, -0.2) is 56.7 Å². The van der Waals surface area contributed by atoms with Gasteiger partial charge in [-0.25, -0.2) is 4.39 Å². The number of nitrogens with zero attached hydrogens (tertiary/aromatic N) is 5. The molecule has 0 aliphatic carbocycles. The summed E-state index contributed by atoms with van der Waals surface area (Å²) in [6.45, 7) is 3.71. The molecule has 8 nitrogen and oxygen atoms in total. The van der Waals surface area contributed by atoms with Crippen LogP contribution in [0.1, 0.15) is 33.5 Å². The average molecular weight is 427 g/mol. The van der Waals surface area contributed by atoms with Crippen LogP contribution in [0.2, 0.25) is 0 Å². The van der Waals surface area contributed by atoms with E-state index in [1.165, 1.54) is 12.1 Å². The van der Waals surface area contributed by atoms with E-state index in [-0.39, 0.29) is 17.8 Å². The van der Waals surface area contributed by atoms with Crippen molar-refractivity contribution in [2.75, 3.05) is 26.3 Å². The summed E-state index contributed by atoms with van der Waals surface area (Å²) in [5.41, 5.74) is 3.12. The zero-order chi connectivity index (χ0) is 22.0. The Bertz CT molecular complexity index is 1060. The van der Waals surface area contributed by atoms with Gasteiger partial charge in [-0.2, -0.15) is 10.2 Å². The fourth-order valence-electron chi connectivity index (χ4n) is 3.72. The van der Waals surface area contributed by atoms with Gasteiger partial charge in [0, 0.05) is 39.0 Å². The molecule has 1 aliphatic rings. The maximum absolute atomic E-state index is 13.0. The lowest BCUT2D eigenvalue weighted by Crippen LogP contribution is -2.42. The first-order valence-electron chi connectivity index (χ1n) is 10.2. The fraction of sp³-hybridized carbons (Fsp3) is 0.409. The van der Waals surface area contributed by atoms with E-state index in [1.807, 2.05) is 20.0 Å². The molecule has 1 amide bonds. The Labute approximate surface area is 180 Å². The first-order chi connectivity index (χ1) is 14.9. The fourth-order valence-corrected chi connectivity index (χ4v) is 3.72. The monoisotopic (exact) mass is 427 g/mol. The van der Waals surface area contributed by atoms with Crippen LogP contribution >= 0.6 is 0 Å². The number of amides is 1. The Morgan fingerprint density at radius 2 is 2.03 bits per heavy atom. The second-order valence-electron chi connectivity index (χ2n) is 7.65. The Morgan fingerprint density at radius 1 is 1.26 bits per heavy atom. The number of ether oxygens (including phenoxy) is 2. The van der Waals surface area contributed by atoms with Crippen molar-refractivity contribution in [1.29, 1.82) is 0 Å². The third kappa shape index (κ3) is 4.77. The van der Waals surface area contributed by atoms with Crippen LogP contribution in [0.3, 0.4) is 0 Å². The summed E-state index contributed by atoms with van der Waals surface area (Å²) in [7, 11) is 3.68. The van der Waals surface area contributed by atoms with Gasteiger partial charge in [-0.3, -0.25) is 14.2 Å². The minimum Gasteiger partial charge on any atom is -0.493 e. The molecular formula is C22H26FN5O3. The van der Waals surface area contributed by atoms with Gasteiger partial charge < -0.3 is 14.4 Å². The second-order valence-corrected chi connectivity index (χ2v) is 7.65. The largest absolute Gasteiger partial charge is 0.493 e. The highest BCUT2D eigenvalue weighted by Crippen LogP contribution is 2.24. The van der Waals surface area contributed by atoms with Gasteiger partial charge in [0.1, 0.15) is 17.7 Å². The zero-order valence-electron chi connectivity index (χ0n) is 17.9. The topological polar surface area (TPSA) is 74.4 Å². The van der Waals surface area contributed by atoms with Gasteiger partial charge in [0.15, 0.2) is 0 Å². The molecule has 0 N–H and O–H groups in total. The zero-order valence-corrected chi connectivity index (χ0v) is 17.9. The molecular weight excluding hydrogens is 401 g/mol. The molecule has 31 heavy (non-hydrogen) atoms. The lowest BCUT2D eigenvalue weighted by atomic mass is 10.1. The van der Waals surface area contributed by atoms with Crippen molar-refractivity contribution < 1.29 is 18.7 Å². The summed E-state index contributed by atoms with van der Waals surface area (Å²) >= 11 is 0. The van der Waals surface area contributed by atoms with Crippen LogP contribution in [0.5, 0.6) is 5.75 Å². The highest BCUT2D eigenvalue weighted by atomic mass is 19.1. The molecule has 1 atom stereocenters. The van der Waals surface area contributed by atoms with Crippen LogP contribution in [0.4, 0.5) is 4.39 Å². The van der Waals surface area contributed by atoms with Gasteiger partial charge in [-0.1, -0.05) is 0 Å². The molecule has 1 aromatic carbocycles. The number of halogens is 1. The molecule has 1 unspecified atom stereocenters. The summed E-state index contributed by atoms with van der Waals surface area (Å²) < 4.78 is 28.0. The van der Waals surface area contributed by atoms with E-state index < -0.39 is 0 Å². The SMILES string of the molecule is Cc1nn(C)cc1C(=O)N1CCOC(c2cc(CCOc3ccc(F)cc3)n(C)n2)C1. The Morgan fingerprint density at radius 3 is 2.74 bits per heavy atom. The van der Waals surface area contributed by atoms with Gasteiger partial charge in [-0.15, -0.1) is 0 Å². The van der Waals surface area contributed by atoms with Crippen molar-refractivity contribution in [1.82, 2.24) is 24.5 Å². The van der Waals surface area contributed by atoms with E-state index in [9.17, 15) is 9.18 Å². The normalized spacial score (nSPS) is 16.5. The summed E-state index contributed by atoms with van der Waals surface area (Å²) in [5.74, 6) is 0.296. The predicted octanol–water partition coefficient (Wildman–Crippen LogP) is 2.44.